The van der Waals surface area contributed by atoms with Crippen molar-refractivity contribution in [3.8, 4) is 0 Å². The van der Waals surface area contributed by atoms with Crippen molar-refractivity contribution >= 4 is 11.7 Å². The minimum Gasteiger partial charge on any atom is -0.367 e. The fraction of sp³-hybridized carbons (Fsp3) is 0.632. The second-order valence-electron chi connectivity index (χ2n) is 7.71. The summed E-state index contributed by atoms with van der Waals surface area (Å²) in [5.74, 6) is 0.706. The summed E-state index contributed by atoms with van der Waals surface area (Å²) in [6.45, 7) is 4.68. The number of nitrogens with one attached hydrogen (secondary N) is 1. The number of aromatic nitrogens is 3. The van der Waals surface area contributed by atoms with Gasteiger partial charge in [-0.3, -0.25) is 4.79 Å². The van der Waals surface area contributed by atoms with E-state index >= 15 is 0 Å². The van der Waals surface area contributed by atoms with Crippen LogP contribution >= 0.6 is 0 Å². The van der Waals surface area contributed by atoms with Gasteiger partial charge >= 0.3 is 6.18 Å². The maximum absolute atomic E-state index is 13.5. The molecular weight excluding hydrogens is 387 g/mol. The molecule has 0 radical (unpaired) electrons. The van der Waals surface area contributed by atoms with Crippen molar-refractivity contribution in [2.45, 2.75) is 63.7 Å². The molecule has 2 aliphatic rings. The highest BCUT2D eigenvalue weighted by Crippen LogP contribution is 2.41. The highest BCUT2D eigenvalue weighted by atomic mass is 19.4. The summed E-state index contributed by atoms with van der Waals surface area (Å²) in [7, 11) is 0. The Labute approximate surface area is 166 Å². The van der Waals surface area contributed by atoms with Gasteiger partial charge in [-0.15, -0.1) is 0 Å². The van der Waals surface area contributed by atoms with Crippen LogP contribution in [-0.2, 0) is 6.42 Å². The van der Waals surface area contributed by atoms with Gasteiger partial charge in [-0.05, 0) is 19.3 Å². The quantitative estimate of drug-likeness (QED) is 0.829. The second kappa shape index (κ2) is 7.38. The fourth-order valence-electron chi connectivity index (χ4n) is 4.07. The molecule has 1 fully saturated rings. The summed E-state index contributed by atoms with van der Waals surface area (Å²) < 4.78 is 46.8. The molecule has 2 aromatic heterocycles. The predicted molar refractivity (Wildman–Crippen MR) is 98.8 cm³/mol. The van der Waals surface area contributed by atoms with E-state index in [9.17, 15) is 18.0 Å². The van der Waals surface area contributed by atoms with E-state index in [4.69, 9.17) is 4.52 Å². The number of fused-ring (bicyclic) bond motifs is 1. The topological polar surface area (TPSA) is 76.2 Å². The standard InChI is InChI=1S/C19H24F3N5O2/c1-3-12-7-16(19(20,21)22)27-17(23-12)9-14(24-27)11-5-6-26(10-11)18(28)15-8-13(4-2)29-25-15/h8-9,11-12,16,23H,3-7,10H2,1-2H3/t11-,12-,16-/m1/s1. The lowest BCUT2D eigenvalue weighted by Crippen LogP contribution is -2.38. The van der Waals surface area contributed by atoms with Gasteiger partial charge in [0.15, 0.2) is 11.7 Å². The number of carbonyl (C=O) groups excluding carboxylic acids is 1. The third-order valence-electron chi connectivity index (χ3n) is 5.80. The summed E-state index contributed by atoms with van der Waals surface area (Å²) in [6.07, 6.45) is -2.48. The van der Waals surface area contributed by atoms with Gasteiger partial charge < -0.3 is 14.7 Å². The Morgan fingerprint density at radius 2 is 2.14 bits per heavy atom. The molecule has 1 amide bonds. The Bertz CT molecular complexity index is 891. The van der Waals surface area contributed by atoms with E-state index in [-0.39, 0.29) is 30.0 Å². The van der Waals surface area contributed by atoms with Gasteiger partial charge in [0.1, 0.15) is 11.6 Å². The maximum atomic E-state index is 13.5. The highest BCUT2D eigenvalue weighted by molar-refractivity contribution is 5.92. The van der Waals surface area contributed by atoms with E-state index in [0.29, 0.717) is 49.6 Å². The lowest BCUT2D eigenvalue weighted by molar-refractivity contribution is -0.173. The van der Waals surface area contributed by atoms with E-state index < -0.39 is 12.2 Å². The number of amides is 1. The molecule has 4 heterocycles. The largest absolute Gasteiger partial charge is 0.410 e. The molecule has 10 heteroatoms. The minimum atomic E-state index is -4.35. The van der Waals surface area contributed by atoms with Gasteiger partial charge in [0, 0.05) is 43.6 Å². The molecule has 2 aliphatic heterocycles. The zero-order valence-corrected chi connectivity index (χ0v) is 16.4. The van der Waals surface area contributed by atoms with Crippen molar-refractivity contribution in [1.82, 2.24) is 19.8 Å². The van der Waals surface area contributed by atoms with Crippen molar-refractivity contribution in [3.63, 3.8) is 0 Å². The van der Waals surface area contributed by atoms with Crippen molar-refractivity contribution in [2.75, 3.05) is 18.4 Å². The third kappa shape index (κ3) is 3.72. The van der Waals surface area contributed by atoms with E-state index in [1.807, 2.05) is 13.8 Å². The number of likely N-dealkylation sites (tertiary alicyclic amines) is 1. The molecule has 3 atom stereocenters. The summed E-state index contributed by atoms with van der Waals surface area (Å²) >= 11 is 0. The number of halogens is 3. The molecule has 29 heavy (non-hydrogen) atoms. The monoisotopic (exact) mass is 411 g/mol. The normalized spacial score (nSPS) is 24.4. The minimum absolute atomic E-state index is 0.0324. The maximum Gasteiger partial charge on any atom is 0.410 e. The Balaban J connectivity index is 1.52. The van der Waals surface area contributed by atoms with Gasteiger partial charge in [-0.1, -0.05) is 19.0 Å². The molecule has 1 saturated heterocycles. The summed E-state index contributed by atoms with van der Waals surface area (Å²) in [4.78, 5) is 14.3. The Hall–Kier alpha value is -2.52. The molecule has 0 aliphatic carbocycles. The van der Waals surface area contributed by atoms with Crippen molar-refractivity contribution in [1.29, 1.82) is 0 Å². The first kappa shape index (κ1) is 19.8. The third-order valence-corrected chi connectivity index (χ3v) is 5.80. The molecular formula is C19H24F3N5O2. The van der Waals surface area contributed by atoms with Gasteiger partial charge in [0.2, 0.25) is 0 Å². The summed E-state index contributed by atoms with van der Waals surface area (Å²) in [5.41, 5.74) is 0.847. The Morgan fingerprint density at radius 1 is 1.34 bits per heavy atom. The van der Waals surface area contributed by atoms with Gasteiger partial charge in [-0.2, -0.15) is 18.3 Å². The van der Waals surface area contributed by atoms with Crippen LogP contribution in [-0.4, -0.2) is 51.1 Å². The van der Waals surface area contributed by atoms with Crippen molar-refractivity contribution in [3.05, 3.63) is 29.3 Å². The number of aryl methyl sites for hydroxylation is 1. The van der Waals surface area contributed by atoms with Gasteiger partial charge in [0.05, 0.1) is 5.69 Å². The molecule has 0 bridgehead atoms. The van der Waals surface area contributed by atoms with E-state index in [0.717, 1.165) is 4.68 Å². The van der Waals surface area contributed by atoms with Crippen LogP contribution in [0.1, 0.15) is 67.0 Å². The van der Waals surface area contributed by atoms with Crippen LogP contribution < -0.4 is 5.32 Å². The molecule has 2 aromatic rings. The SMILES string of the molecule is CCc1cc(C(=O)N2CC[C@@H](c3cc4n(n3)[C@@H](C(F)(F)F)C[C@@H](CC)N4)C2)no1. The van der Waals surface area contributed by atoms with E-state index in [1.54, 1.807) is 17.0 Å². The average molecular weight is 411 g/mol. The molecule has 0 saturated carbocycles. The number of nitrogens with zero attached hydrogens (tertiary/aromatic N) is 4. The zero-order chi connectivity index (χ0) is 20.8. The van der Waals surface area contributed by atoms with Gasteiger partial charge in [0.25, 0.3) is 5.91 Å². The first-order valence-corrected chi connectivity index (χ1v) is 9.97. The first-order valence-electron chi connectivity index (χ1n) is 9.97. The molecule has 0 spiro atoms. The van der Waals surface area contributed by atoms with Crippen LogP contribution in [0.3, 0.4) is 0 Å². The molecule has 0 unspecified atom stereocenters. The molecule has 4 rings (SSSR count). The van der Waals surface area contributed by atoms with Crippen molar-refractivity contribution in [2.24, 2.45) is 0 Å². The Morgan fingerprint density at radius 3 is 2.79 bits per heavy atom. The number of rotatable bonds is 4. The smallest absolute Gasteiger partial charge is 0.367 e. The molecule has 1 N–H and O–H groups in total. The fourth-order valence-corrected chi connectivity index (χ4v) is 4.07. The van der Waals surface area contributed by atoms with Crippen LogP contribution in [0.2, 0.25) is 0 Å². The van der Waals surface area contributed by atoms with Crippen LogP contribution in [0.25, 0.3) is 0 Å². The van der Waals surface area contributed by atoms with Crippen LogP contribution in [0.5, 0.6) is 0 Å². The molecule has 0 aromatic carbocycles. The van der Waals surface area contributed by atoms with Gasteiger partial charge in [-0.25, -0.2) is 4.68 Å². The lowest BCUT2D eigenvalue weighted by atomic mass is 10.0. The molecule has 158 valence electrons. The molecule has 7 nitrogen and oxygen atoms in total. The van der Waals surface area contributed by atoms with Crippen molar-refractivity contribution < 1.29 is 22.5 Å². The van der Waals surface area contributed by atoms with Crippen LogP contribution in [0.15, 0.2) is 16.7 Å². The first-order chi connectivity index (χ1) is 13.8. The van der Waals surface area contributed by atoms with Crippen LogP contribution in [0, 0.1) is 0 Å². The summed E-state index contributed by atoms with van der Waals surface area (Å²) in [6, 6.07) is 1.47. The second-order valence-corrected chi connectivity index (χ2v) is 7.71. The average Bonchev–Trinajstić information content (AvgIpc) is 3.43. The number of hydrogen-bond donors (Lipinski definition) is 1. The number of carbonyl (C=O) groups is 1. The number of hydrogen-bond acceptors (Lipinski definition) is 5. The number of anilines is 1. The Kier molecular flexibility index (Phi) is 5.04. The van der Waals surface area contributed by atoms with E-state index in [2.05, 4.69) is 15.6 Å². The zero-order valence-electron chi connectivity index (χ0n) is 16.4. The predicted octanol–water partition coefficient (Wildman–Crippen LogP) is 3.76. The van der Waals surface area contributed by atoms with Crippen LogP contribution in [0.4, 0.5) is 19.0 Å². The van der Waals surface area contributed by atoms with E-state index in [1.165, 1.54) is 0 Å². The highest BCUT2D eigenvalue weighted by Gasteiger charge is 2.46. The lowest BCUT2D eigenvalue weighted by Gasteiger charge is -2.32. The number of alkyl halides is 3. The summed E-state index contributed by atoms with van der Waals surface area (Å²) in [5, 5.41) is 11.3.